The van der Waals surface area contributed by atoms with Gasteiger partial charge in [-0.15, -0.1) is 11.3 Å². The van der Waals surface area contributed by atoms with Crippen LogP contribution >= 0.6 is 23.1 Å². The number of carboxylic acids is 2. The molecular weight excluding hydrogens is 300 g/mol. The quantitative estimate of drug-likeness (QED) is 0.646. The first-order valence-corrected chi connectivity index (χ1v) is 7.52. The van der Waals surface area contributed by atoms with Gasteiger partial charge >= 0.3 is 11.9 Å². The number of thioether (sulfide) groups is 1. The number of aryl methyl sites for hydroxylation is 1. The average Bonchev–Trinajstić information content (AvgIpc) is 2.74. The molecule has 1 unspecified atom stereocenters. The summed E-state index contributed by atoms with van der Waals surface area (Å²) in [7, 11) is 0. The first-order valence-electron chi connectivity index (χ1n) is 5.82. The van der Waals surface area contributed by atoms with Gasteiger partial charge in [0.25, 0.3) is 0 Å². The number of aromatic nitrogens is 2. The number of thiophene rings is 1. The molecule has 0 bridgehead atoms. The minimum Gasteiger partial charge on any atom is -0.480 e. The van der Waals surface area contributed by atoms with Gasteiger partial charge in [0.05, 0.1) is 0 Å². The second kappa shape index (κ2) is 5.76. The number of fused-ring (bicyclic) bond motifs is 1. The van der Waals surface area contributed by atoms with Crippen molar-refractivity contribution in [2.75, 3.05) is 0 Å². The zero-order chi connectivity index (χ0) is 14.9. The maximum Gasteiger partial charge on any atom is 0.346 e. The van der Waals surface area contributed by atoms with Gasteiger partial charge < -0.3 is 10.2 Å². The Kier molecular flexibility index (Phi) is 4.24. The Morgan fingerprint density at radius 2 is 2.10 bits per heavy atom. The second-order valence-corrected chi connectivity index (χ2v) is 6.26. The number of aliphatic carboxylic acids is 1. The van der Waals surface area contributed by atoms with Crippen LogP contribution in [0.25, 0.3) is 10.2 Å². The standard InChI is InChI=1S/C12H12N2O4S2/c1-3-6(11(15)16)19-9-7-5(2)8(12(17)18)20-10(7)14-4-13-9/h4,6H,3H2,1-2H3,(H,15,16)(H,17,18). The lowest BCUT2D eigenvalue weighted by atomic mass is 10.2. The molecule has 2 N–H and O–H groups in total. The molecule has 2 rings (SSSR count). The molecule has 8 heteroatoms. The van der Waals surface area contributed by atoms with E-state index in [1.54, 1.807) is 13.8 Å². The van der Waals surface area contributed by atoms with E-state index in [-0.39, 0.29) is 4.88 Å². The molecule has 20 heavy (non-hydrogen) atoms. The maximum atomic E-state index is 11.2. The second-order valence-electron chi connectivity index (χ2n) is 4.07. The molecule has 2 heterocycles. The number of carboxylic acid groups (broad SMARTS) is 2. The van der Waals surface area contributed by atoms with E-state index >= 15 is 0 Å². The van der Waals surface area contributed by atoms with Crippen LogP contribution < -0.4 is 0 Å². The van der Waals surface area contributed by atoms with Gasteiger partial charge in [0.2, 0.25) is 0 Å². The summed E-state index contributed by atoms with van der Waals surface area (Å²) in [6.45, 7) is 3.48. The summed E-state index contributed by atoms with van der Waals surface area (Å²) in [6, 6.07) is 0. The van der Waals surface area contributed by atoms with Crippen LogP contribution in [0.2, 0.25) is 0 Å². The van der Waals surface area contributed by atoms with Gasteiger partial charge in [-0.25, -0.2) is 14.8 Å². The molecular formula is C12H12N2O4S2. The fourth-order valence-electron chi connectivity index (χ4n) is 1.78. The normalized spacial score (nSPS) is 12.5. The monoisotopic (exact) mass is 312 g/mol. The number of rotatable bonds is 5. The Balaban J connectivity index is 2.54. The highest BCUT2D eigenvalue weighted by Gasteiger charge is 2.23. The van der Waals surface area contributed by atoms with Gasteiger partial charge in [-0.2, -0.15) is 0 Å². The molecule has 0 aromatic carbocycles. The molecule has 2 aromatic heterocycles. The number of carbonyl (C=O) groups is 2. The Bertz CT molecular complexity index is 683. The van der Waals surface area contributed by atoms with E-state index in [0.717, 1.165) is 23.1 Å². The summed E-state index contributed by atoms with van der Waals surface area (Å²) in [5, 5.41) is 18.8. The highest BCUT2D eigenvalue weighted by Crippen LogP contribution is 2.36. The molecule has 0 aliphatic rings. The summed E-state index contributed by atoms with van der Waals surface area (Å²) in [4.78, 5) is 31.2. The molecule has 106 valence electrons. The van der Waals surface area contributed by atoms with Crippen LogP contribution in [0.1, 0.15) is 28.6 Å². The van der Waals surface area contributed by atoms with Gasteiger partial charge in [0.1, 0.15) is 26.3 Å². The van der Waals surface area contributed by atoms with E-state index in [1.807, 2.05) is 0 Å². The lowest BCUT2D eigenvalue weighted by Crippen LogP contribution is -2.15. The van der Waals surface area contributed by atoms with Crippen LogP contribution in [-0.2, 0) is 4.79 Å². The third-order valence-corrected chi connectivity index (χ3v) is 5.33. The summed E-state index contributed by atoms with van der Waals surface area (Å²) in [5.41, 5.74) is 0.584. The lowest BCUT2D eigenvalue weighted by molar-refractivity contribution is -0.136. The van der Waals surface area contributed by atoms with E-state index in [0.29, 0.717) is 27.2 Å². The molecule has 0 saturated carbocycles. The van der Waals surface area contributed by atoms with Crippen LogP contribution in [0.5, 0.6) is 0 Å². The van der Waals surface area contributed by atoms with E-state index in [2.05, 4.69) is 9.97 Å². The number of hydrogen-bond donors (Lipinski definition) is 2. The van der Waals surface area contributed by atoms with Crippen LogP contribution in [0.3, 0.4) is 0 Å². The zero-order valence-corrected chi connectivity index (χ0v) is 12.4. The summed E-state index contributed by atoms with van der Waals surface area (Å²) in [6.07, 6.45) is 1.79. The van der Waals surface area contributed by atoms with Crippen molar-refractivity contribution < 1.29 is 19.8 Å². The van der Waals surface area contributed by atoms with Crippen molar-refractivity contribution in [2.45, 2.75) is 30.5 Å². The third kappa shape index (κ3) is 2.61. The topological polar surface area (TPSA) is 100 Å². The van der Waals surface area contributed by atoms with Gasteiger partial charge in [-0.1, -0.05) is 18.7 Å². The molecule has 0 radical (unpaired) electrons. The predicted octanol–water partition coefficient (Wildman–Crippen LogP) is 2.65. The van der Waals surface area contributed by atoms with Crippen molar-refractivity contribution in [3.05, 3.63) is 16.8 Å². The largest absolute Gasteiger partial charge is 0.480 e. The number of hydrogen-bond acceptors (Lipinski definition) is 6. The minimum atomic E-state index is -1.01. The highest BCUT2D eigenvalue weighted by molar-refractivity contribution is 8.00. The molecule has 0 amide bonds. The van der Waals surface area contributed by atoms with E-state index in [4.69, 9.17) is 10.2 Å². The number of aromatic carboxylic acids is 1. The Labute approximate surface area is 122 Å². The highest BCUT2D eigenvalue weighted by atomic mass is 32.2. The van der Waals surface area contributed by atoms with Gasteiger partial charge in [-0.05, 0) is 18.9 Å². The summed E-state index contributed by atoms with van der Waals surface area (Å²) < 4.78 is 0. The van der Waals surface area contributed by atoms with Crippen molar-refractivity contribution in [2.24, 2.45) is 0 Å². The van der Waals surface area contributed by atoms with Gasteiger partial charge in [-0.3, -0.25) is 4.79 Å². The molecule has 1 atom stereocenters. The van der Waals surface area contributed by atoms with E-state index < -0.39 is 17.2 Å². The molecule has 0 aliphatic carbocycles. The minimum absolute atomic E-state index is 0.214. The van der Waals surface area contributed by atoms with Gasteiger partial charge in [0, 0.05) is 5.39 Å². The van der Waals surface area contributed by atoms with Crippen LogP contribution in [-0.4, -0.2) is 37.4 Å². The van der Waals surface area contributed by atoms with Crippen molar-refractivity contribution in [3.8, 4) is 0 Å². The summed E-state index contributed by atoms with van der Waals surface area (Å²) in [5.74, 6) is -1.91. The van der Waals surface area contributed by atoms with Crippen molar-refractivity contribution in [1.29, 1.82) is 0 Å². The van der Waals surface area contributed by atoms with Gasteiger partial charge in [0.15, 0.2) is 0 Å². The SMILES string of the molecule is CCC(Sc1ncnc2sc(C(=O)O)c(C)c12)C(=O)O. The van der Waals surface area contributed by atoms with Crippen molar-refractivity contribution in [3.63, 3.8) is 0 Å². The fourth-order valence-corrected chi connectivity index (χ4v) is 3.84. The van der Waals surface area contributed by atoms with E-state index in [1.165, 1.54) is 6.33 Å². The molecule has 0 spiro atoms. The Morgan fingerprint density at radius 3 is 2.65 bits per heavy atom. The molecule has 6 nitrogen and oxygen atoms in total. The van der Waals surface area contributed by atoms with Crippen molar-refractivity contribution >= 4 is 45.3 Å². The predicted molar refractivity (Wildman–Crippen MR) is 76.7 cm³/mol. The maximum absolute atomic E-state index is 11.2. The van der Waals surface area contributed by atoms with Crippen LogP contribution in [0, 0.1) is 6.92 Å². The first kappa shape index (κ1) is 14.7. The van der Waals surface area contributed by atoms with E-state index in [9.17, 15) is 9.59 Å². The first-order chi connectivity index (χ1) is 9.45. The smallest absolute Gasteiger partial charge is 0.346 e. The molecule has 0 aliphatic heterocycles. The molecule has 0 fully saturated rings. The lowest BCUT2D eigenvalue weighted by Gasteiger charge is -2.09. The molecule has 2 aromatic rings. The molecule has 0 saturated heterocycles. The fraction of sp³-hybridized carbons (Fsp3) is 0.333. The summed E-state index contributed by atoms with van der Waals surface area (Å²) >= 11 is 2.21. The Hall–Kier alpha value is -1.67. The van der Waals surface area contributed by atoms with Crippen molar-refractivity contribution in [1.82, 2.24) is 9.97 Å². The average molecular weight is 312 g/mol. The van der Waals surface area contributed by atoms with Crippen LogP contribution in [0.15, 0.2) is 11.4 Å². The Morgan fingerprint density at radius 1 is 1.40 bits per heavy atom. The van der Waals surface area contributed by atoms with Crippen LogP contribution in [0.4, 0.5) is 0 Å². The number of nitrogens with zero attached hydrogens (tertiary/aromatic N) is 2. The third-order valence-electron chi connectivity index (χ3n) is 2.79. The zero-order valence-electron chi connectivity index (χ0n) is 10.8.